The highest BCUT2D eigenvalue weighted by atomic mass is 32.1. The number of ether oxygens (including phenoxy) is 1. The molecular weight excluding hydrogens is 310 g/mol. The molecule has 0 aliphatic carbocycles. The van der Waals surface area contributed by atoms with Gasteiger partial charge in [0.15, 0.2) is 5.13 Å². The number of nitrogens with zero attached hydrogens (tertiary/aromatic N) is 1. The molecule has 3 aromatic rings. The second kappa shape index (κ2) is 6.14. The first-order chi connectivity index (χ1) is 11.3. The summed E-state index contributed by atoms with van der Waals surface area (Å²) < 4.78 is 5.49. The number of thiazole rings is 1. The normalized spacial score (nSPS) is 17.7. The standard InChI is InChI=1S/C17H17N3O2S/c21-16(8-11-4-3-7-22-11)20-17-19-15(10-23-17)13-9-18-14-6-2-1-5-12(13)14/h1-2,5-6,9-11,18H,3-4,7-8H2,(H,19,20,21)/t11-/m0/s1. The van der Waals surface area contributed by atoms with Gasteiger partial charge < -0.3 is 15.0 Å². The monoisotopic (exact) mass is 327 g/mol. The lowest BCUT2D eigenvalue weighted by molar-refractivity contribution is -0.118. The van der Waals surface area contributed by atoms with Crippen molar-refractivity contribution in [1.82, 2.24) is 9.97 Å². The van der Waals surface area contributed by atoms with Gasteiger partial charge in [0.2, 0.25) is 5.91 Å². The van der Waals surface area contributed by atoms with Crippen molar-refractivity contribution in [2.45, 2.75) is 25.4 Å². The van der Waals surface area contributed by atoms with Gasteiger partial charge in [0, 0.05) is 34.7 Å². The summed E-state index contributed by atoms with van der Waals surface area (Å²) in [5.74, 6) is -0.0308. The molecule has 0 radical (unpaired) electrons. The molecule has 1 fully saturated rings. The molecule has 1 aliphatic rings. The van der Waals surface area contributed by atoms with Gasteiger partial charge in [-0.2, -0.15) is 0 Å². The zero-order valence-corrected chi connectivity index (χ0v) is 13.4. The largest absolute Gasteiger partial charge is 0.378 e. The maximum absolute atomic E-state index is 12.0. The third kappa shape index (κ3) is 3.00. The summed E-state index contributed by atoms with van der Waals surface area (Å²) in [6, 6.07) is 8.11. The number of aromatic nitrogens is 2. The lowest BCUT2D eigenvalue weighted by Crippen LogP contribution is -2.19. The van der Waals surface area contributed by atoms with Crippen molar-refractivity contribution in [3.8, 4) is 11.3 Å². The molecule has 1 atom stereocenters. The molecule has 2 N–H and O–H groups in total. The average Bonchev–Trinajstić information content (AvgIpc) is 3.26. The van der Waals surface area contributed by atoms with Gasteiger partial charge in [-0.15, -0.1) is 11.3 Å². The van der Waals surface area contributed by atoms with E-state index < -0.39 is 0 Å². The minimum absolute atomic E-state index is 0.0308. The molecule has 1 saturated heterocycles. The highest BCUT2D eigenvalue weighted by Gasteiger charge is 2.20. The Kier molecular flexibility index (Phi) is 3.85. The quantitative estimate of drug-likeness (QED) is 0.766. The van der Waals surface area contributed by atoms with E-state index in [4.69, 9.17) is 4.74 Å². The summed E-state index contributed by atoms with van der Waals surface area (Å²) >= 11 is 1.44. The molecule has 0 bridgehead atoms. The van der Waals surface area contributed by atoms with Crippen molar-refractivity contribution >= 4 is 33.3 Å². The molecule has 0 spiro atoms. The molecule has 1 aliphatic heterocycles. The fourth-order valence-corrected chi connectivity index (χ4v) is 3.65. The van der Waals surface area contributed by atoms with Crippen molar-refractivity contribution in [3.63, 3.8) is 0 Å². The van der Waals surface area contributed by atoms with Crippen molar-refractivity contribution in [2.75, 3.05) is 11.9 Å². The van der Waals surface area contributed by atoms with Crippen LogP contribution in [0.25, 0.3) is 22.2 Å². The molecule has 0 saturated carbocycles. The van der Waals surface area contributed by atoms with Crippen LogP contribution in [0, 0.1) is 0 Å². The molecule has 5 nitrogen and oxygen atoms in total. The topological polar surface area (TPSA) is 67.0 Å². The van der Waals surface area contributed by atoms with E-state index in [2.05, 4.69) is 21.4 Å². The van der Waals surface area contributed by atoms with Gasteiger partial charge in [-0.1, -0.05) is 18.2 Å². The van der Waals surface area contributed by atoms with Crippen LogP contribution >= 0.6 is 11.3 Å². The van der Waals surface area contributed by atoms with Crippen molar-refractivity contribution in [1.29, 1.82) is 0 Å². The summed E-state index contributed by atoms with van der Waals surface area (Å²) in [7, 11) is 0. The third-order valence-electron chi connectivity index (χ3n) is 4.05. The lowest BCUT2D eigenvalue weighted by Gasteiger charge is -2.07. The summed E-state index contributed by atoms with van der Waals surface area (Å²) in [6.07, 6.45) is 4.42. The van der Waals surface area contributed by atoms with Crippen LogP contribution in [0.15, 0.2) is 35.8 Å². The number of amides is 1. The molecule has 2 aromatic heterocycles. The highest BCUT2D eigenvalue weighted by Crippen LogP contribution is 2.31. The number of nitrogens with one attached hydrogen (secondary N) is 2. The number of hydrogen-bond donors (Lipinski definition) is 2. The van der Waals surface area contributed by atoms with Gasteiger partial charge in [0.1, 0.15) is 0 Å². The van der Waals surface area contributed by atoms with E-state index in [1.165, 1.54) is 11.3 Å². The van der Waals surface area contributed by atoms with E-state index in [-0.39, 0.29) is 12.0 Å². The van der Waals surface area contributed by atoms with Crippen LogP contribution in [-0.4, -0.2) is 28.6 Å². The Morgan fingerprint density at radius 3 is 3.22 bits per heavy atom. The predicted molar refractivity (Wildman–Crippen MR) is 91.6 cm³/mol. The number of carbonyl (C=O) groups is 1. The number of carbonyl (C=O) groups excluding carboxylic acids is 1. The number of anilines is 1. The number of para-hydroxylation sites is 1. The van der Waals surface area contributed by atoms with Gasteiger partial charge in [0.25, 0.3) is 0 Å². The first-order valence-electron chi connectivity index (χ1n) is 7.73. The number of fused-ring (bicyclic) bond motifs is 1. The van der Waals surface area contributed by atoms with E-state index in [1.807, 2.05) is 29.8 Å². The Labute approximate surface area is 137 Å². The number of benzene rings is 1. The Morgan fingerprint density at radius 2 is 2.35 bits per heavy atom. The second-order valence-corrected chi connectivity index (χ2v) is 6.53. The Morgan fingerprint density at radius 1 is 1.43 bits per heavy atom. The number of H-pyrrole nitrogens is 1. The van der Waals surface area contributed by atoms with Crippen molar-refractivity contribution < 1.29 is 9.53 Å². The molecule has 118 valence electrons. The number of aromatic amines is 1. The summed E-state index contributed by atoms with van der Waals surface area (Å²) in [6.45, 7) is 0.764. The minimum Gasteiger partial charge on any atom is -0.378 e. The van der Waals surface area contributed by atoms with Crippen LogP contribution < -0.4 is 5.32 Å². The second-order valence-electron chi connectivity index (χ2n) is 5.67. The van der Waals surface area contributed by atoms with Gasteiger partial charge in [-0.05, 0) is 18.9 Å². The van der Waals surface area contributed by atoms with E-state index in [9.17, 15) is 4.79 Å². The van der Waals surface area contributed by atoms with Gasteiger partial charge in [-0.3, -0.25) is 4.79 Å². The van der Waals surface area contributed by atoms with E-state index in [1.54, 1.807) is 0 Å². The highest BCUT2D eigenvalue weighted by molar-refractivity contribution is 7.14. The van der Waals surface area contributed by atoms with Crippen molar-refractivity contribution in [3.05, 3.63) is 35.8 Å². The molecule has 1 aromatic carbocycles. The molecule has 4 rings (SSSR count). The van der Waals surface area contributed by atoms with E-state index >= 15 is 0 Å². The van der Waals surface area contributed by atoms with Crippen molar-refractivity contribution in [2.24, 2.45) is 0 Å². The number of rotatable bonds is 4. The summed E-state index contributed by atoms with van der Waals surface area (Å²) in [4.78, 5) is 19.8. The first-order valence-corrected chi connectivity index (χ1v) is 8.61. The minimum atomic E-state index is -0.0308. The number of hydrogen-bond acceptors (Lipinski definition) is 4. The fraction of sp³-hybridized carbons (Fsp3) is 0.294. The molecule has 3 heterocycles. The van der Waals surface area contributed by atoms with E-state index in [0.29, 0.717) is 11.6 Å². The first kappa shape index (κ1) is 14.4. The van der Waals surface area contributed by atoms with Crippen LogP contribution in [0.3, 0.4) is 0 Å². The van der Waals surface area contributed by atoms with Gasteiger partial charge in [0.05, 0.1) is 18.2 Å². The third-order valence-corrected chi connectivity index (χ3v) is 4.81. The Hall–Kier alpha value is -2.18. The molecule has 0 unspecified atom stereocenters. The zero-order chi connectivity index (χ0) is 15.6. The maximum atomic E-state index is 12.0. The SMILES string of the molecule is O=C(C[C@@H]1CCCO1)Nc1nc(-c2c[nH]c3ccccc23)cs1. The van der Waals surface area contributed by atoms with Crippen LogP contribution in [0.1, 0.15) is 19.3 Å². The fourth-order valence-electron chi connectivity index (χ4n) is 2.92. The average molecular weight is 327 g/mol. The van der Waals surface area contributed by atoms with Crippen LogP contribution in [0.2, 0.25) is 0 Å². The Balaban J connectivity index is 1.49. The molecular formula is C17H17N3O2S. The lowest BCUT2D eigenvalue weighted by atomic mass is 10.1. The van der Waals surface area contributed by atoms with E-state index in [0.717, 1.165) is 41.6 Å². The summed E-state index contributed by atoms with van der Waals surface area (Å²) in [5.41, 5.74) is 3.01. The van der Waals surface area contributed by atoms with Gasteiger partial charge in [-0.25, -0.2) is 4.98 Å². The molecule has 23 heavy (non-hydrogen) atoms. The smallest absolute Gasteiger partial charge is 0.228 e. The van der Waals surface area contributed by atoms with Gasteiger partial charge >= 0.3 is 0 Å². The zero-order valence-electron chi connectivity index (χ0n) is 12.5. The maximum Gasteiger partial charge on any atom is 0.228 e. The van der Waals surface area contributed by atoms with Crippen LogP contribution in [-0.2, 0) is 9.53 Å². The predicted octanol–water partition coefficient (Wildman–Crippen LogP) is 3.80. The summed E-state index contributed by atoms with van der Waals surface area (Å²) in [5, 5.41) is 6.61. The molecule has 1 amide bonds. The molecule has 6 heteroatoms. The van der Waals surface area contributed by atoms with Crippen LogP contribution in [0.5, 0.6) is 0 Å². The Bertz CT molecular complexity index is 833. The van der Waals surface area contributed by atoms with Crippen LogP contribution in [0.4, 0.5) is 5.13 Å².